The van der Waals surface area contributed by atoms with Gasteiger partial charge in [0.2, 0.25) is 5.89 Å². The Morgan fingerprint density at radius 1 is 1.10 bits per heavy atom. The van der Waals surface area contributed by atoms with E-state index in [4.69, 9.17) is 4.52 Å². The summed E-state index contributed by atoms with van der Waals surface area (Å²) in [6, 6.07) is 10.5. The number of piperidine rings is 3. The zero-order valence-corrected chi connectivity index (χ0v) is 12.2. The van der Waals surface area contributed by atoms with Crippen molar-refractivity contribution in [1.82, 2.24) is 15.0 Å². The van der Waals surface area contributed by atoms with E-state index >= 15 is 0 Å². The largest absolute Gasteiger partial charge is 0.339 e. The highest BCUT2D eigenvalue weighted by atomic mass is 16.5. The second kappa shape index (κ2) is 5.60. The molecular formula is C17H21N3O. The lowest BCUT2D eigenvalue weighted by molar-refractivity contribution is 0.0727. The van der Waals surface area contributed by atoms with Crippen LogP contribution in [0.1, 0.15) is 36.0 Å². The number of aryl methyl sites for hydroxylation is 2. The SMILES string of the molecule is c1ccc(CCc2noc(C3CN4CCC3CC4)n2)cc1. The average molecular weight is 283 g/mol. The molecule has 0 amide bonds. The van der Waals surface area contributed by atoms with Crippen LogP contribution in [0, 0.1) is 5.92 Å². The average Bonchev–Trinajstić information content (AvgIpc) is 3.04. The zero-order chi connectivity index (χ0) is 14.1. The van der Waals surface area contributed by atoms with Crippen molar-refractivity contribution in [2.45, 2.75) is 31.6 Å². The van der Waals surface area contributed by atoms with Crippen LogP contribution < -0.4 is 0 Å². The molecular weight excluding hydrogens is 262 g/mol. The second-order valence-electron chi connectivity index (χ2n) is 6.28. The molecule has 0 radical (unpaired) electrons. The Morgan fingerprint density at radius 3 is 2.62 bits per heavy atom. The van der Waals surface area contributed by atoms with Crippen LogP contribution in [0.4, 0.5) is 0 Å². The van der Waals surface area contributed by atoms with Crippen molar-refractivity contribution in [2.75, 3.05) is 19.6 Å². The first-order valence-corrected chi connectivity index (χ1v) is 7.97. The fourth-order valence-corrected chi connectivity index (χ4v) is 3.67. The molecule has 4 heteroatoms. The minimum Gasteiger partial charge on any atom is -0.339 e. The van der Waals surface area contributed by atoms with Crippen molar-refractivity contribution in [3.63, 3.8) is 0 Å². The molecule has 0 saturated carbocycles. The molecule has 3 fully saturated rings. The molecule has 1 aromatic heterocycles. The maximum Gasteiger partial charge on any atom is 0.231 e. The van der Waals surface area contributed by atoms with Gasteiger partial charge in [-0.15, -0.1) is 0 Å². The maximum absolute atomic E-state index is 5.56. The number of benzene rings is 1. The first-order chi connectivity index (χ1) is 10.4. The molecule has 1 unspecified atom stereocenters. The fraction of sp³-hybridized carbons (Fsp3) is 0.529. The van der Waals surface area contributed by atoms with Gasteiger partial charge in [0.05, 0.1) is 5.92 Å². The van der Waals surface area contributed by atoms with E-state index in [1.54, 1.807) is 0 Å². The van der Waals surface area contributed by atoms with Crippen LogP contribution in [0.25, 0.3) is 0 Å². The Hall–Kier alpha value is -1.68. The van der Waals surface area contributed by atoms with Crippen LogP contribution in [0.5, 0.6) is 0 Å². The highest BCUT2D eigenvalue weighted by molar-refractivity contribution is 5.15. The van der Waals surface area contributed by atoms with E-state index in [9.17, 15) is 0 Å². The van der Waals surface area contributed by atoms with E-state index in [0.717, 1.165) is 37.0 Å². The van der Waals surface area contributed by atoms with E-state index in [1.807, 2.05) is 6.07 Å². The van der Waals surface area contributed by atoms with Crippen LogP contribution in [-0.2, 0) is 12.8 Å². The maximum atomic E-state index is 5.56. The molecule has 4 heterocycles. The summed E-state index contributed by atoms with van der Waals surface area (Å²) in [5.74, 6) is 2.93. The van der Waals surface area contributed by atoms with Gasteiger partial charge in [-0.05, 0) is 43.8 Å². The predicted molar refractivity (Wildman–Crippen MR) is 80.1 cm³/mol. The molecule has 0 spiro atoms. The monoisotopic (exact) mass is 283 g/mol. The Morgan fingerprint density at radius 2 is 1.90 bits per heavy atom. The van der Waals surface area contributed by atoms with E-state index in [-0.39, 0.29) is 0 Å². The smallest absolute Gasteiger partial charge is 0.231 e. The van der Waals surface area contributed by atoms with Crippen LogP contribution in [0.2, 0.25) is 0 Å². The molecule has 0 N–H and O–H groups in total. The summed E-state index contributed by atoms with van der Waals surface area (Å²) in [4.78, 5) is 7.19. The molecule has 3 aliphatic rings. The van der Waals surface area contributed by atoms with Crippen LogP contribution >= 0.6 is 0 Å². The van der Waals surface area contributed by atoms with E-state index in [0.29, 0.717) is 5.92 Å². The highest BCUT2D eigenvalue weighted by Gasteiger charge is 2.38. The minimum atomic E-state index is 0.463. The number of hydrogen-bond donors (Lipinski definition) is 0. The number of aromatic nitrogens is 2. The van der Waals surface area contributed by atoms with Crippen molar-refractivity contribution in [3.05, 3.63) is 47.6 Å². The number of nitrogens with zero attached hydrogens (tertiary/aromatic N) is 3. The van der Waals surface area contributed by atoms with Gasteiger partial charge in [-0.2, -0.15) is 4.98 Å². The molecule has 1 atom stereocenters. The Kier molecular flexibility index (Phi) is 3.47. The van der Waals surface area contributed by atoms with Crippen molar-refractivity contribution in [2.24, 2.45) is 5.92 Å². The summed E-state index contributed by atoms with van der Waals surface area (Å²) < 4.78 is 5.56. The lowest BCUT2D eigenvalue weighted by Gasteiger charge is -2.43. The molecule has 0 aliphatic carbocycles. The molecule has 21 heavy (non-hydrogen) atoms. The fourth-order valence-electron chi connectivity index (χ4n) is 3.67. The van der Waals surface area contributed by atoms with Gasteiger partial charge in [0, 0.05) is 13.0 Å². The minimum absolute atomic E-state index is 0.463. The summed E-state index contributed by atoms with van der Waals surface area (Å²) in [6.45, 7) is 3.59. The van der Waals surface area contributed by atoms with Crippen molar-refractivity contribution in [1.29, 1.82) is 0 Å². The molecule has 5 rings (SSSR count). The first kappa shape index (κ1) is 13.0. The topological polar surface area (TPSA) is 42.2 Å². The molecule has 3 aliphatic heterocycles. The Balaban J connectivity index is 1.41. The molecule has 4 nitrogen and oxygen atoms in total. The third-order valence-electron chi connectivity index (χ3n) is 4.94. The van der Waals surface area contributed by atoms with Crippen LogP contribution in [-0.4, -0.2) is 34.7 Å². The van der Waals surface area contributed by atoms with Gasteiger partial charge in [0.25, 0.3) is 0 Å². The summed E-state index contributed by atoms with van der Waals surface area (Å²) in [7, 11) is 0. The predicted octanol–water partition coefficient (Wildman–Crippen LogP) is 2.66. The van der Waals surface area contributed by atoms with Crippen molar-refractivity contribution < 1.29 is 4.52 Å². The van der Waals surface area contributed by atoms with Gasteiger partial charge in [-0.1, -0.05) is 35.5 Å². The van der Waals surface area contributed by atoms with Crippen molar-refractivity contribution in [3.8, 4) is 0 Å². The Labute approximate surface area is 125 Å². The second-order valence-corrected chi connectivity index (χ2v) is 6.28. The normalized spacial score (nSPS) is 27.9. The quantitative estimate of drug-likeness (QED) is 0.865. The zero-order valence-electron chi connectivity index (χ0n) is 12.2. The number of fused-ring (bicyclic) bond motifs is 3. The van der Waals surface area contributed by atoms with E-state index in [2.05, 4.69) is 39.3 Å². The summed E-state index contributed by atoms with van der Waals surface area (Å²) in [5, 5.41) is 4.19. The third-order valence-corrected chi connectivity index (χ3v) is 4.94. The van der Waals surface area contributed by atoms with Gasteiger partial charge in [0.15, 0.2) is 5.82 Å². The molecule has 3 saturated heterocycles. The standard InChI is InChI=1S/C17H21N3O/c1-2-4-13(5-3-1)6-7-16-18-17(21-19-16)15-12-20-10-8-14(15)9-11-20/h1-5,14-15H,6-12H2. The summed E-state index contributed by atoms with van der Waals surface area (Å²) in [5.41, 5.74) is 1.33. The van der Waals surface area contributed by atoms with Gasteiger partial charge in [-0.3, -0.25) is 0 Å². The van der Waals surface area contributed by atoms with E-state index in [1.165, 1.54) is 31.5 Å². The summed E-state index contributed by atoms with van der Waals surface area (Å²) in [6.07, 6.45) is 4.40. The van der Waals surface area contributed by atoms with E-state index < -0.39 is 0 Å². The molecule has 1 aromatic carbocycles. The van der Waals surface area contributed by atoms with Gasteiger partial charge < -0.3 is 9.42 Å². The molecule has 110 valence electrons. The third kappa shape index (κ3) is 2.72. The van der Waals surface area contributed by atoms with Crippen molar-refractivity contribution >= 4 is 0 Å². The van der Waals surface area contributed by atoms with Crippen LogP contribution in [0.15, 0.2) is 34.9 Å². The summed E-state index contributed by atoms with van der Waals surface area (Å²) >= 11 is 0. The van der Waals surface area contributed by atoms with Gasteiger partial charge in [0.1, 0.15) is 0 Å². The lowest BCUT2D eigenvalue weighted by Crippen LogP contribution is -2.46. The number of rotatable bonds is 4. The van der Waals surface area contributed by atoms with Gasteiger partial charge in [-0.25, -0.2) is 0 Å². The first-order valence-electron chi connectivity index (χ1n) is 7.97. The van der Waals surface area contributed by atoms with Crippen LogP contribution in [0.3, 0.4) is 0 Å². The molecule has 2 bridgehead atoms. The molecule has 2 aromatic rings. The number of hydrogen-bond acceptors (Lipinski definition) is 4. The van der Waals surface area contributed by atoms with Gasteiger partial charge >= 0.3 is 0 Å². The Bertz CT molecular complexity index is 587. The lowest BCUT2D eigenvalue weighted by atomic mass is 9.79. The highest BCUT2D eigenvalue weighted by Crippen LogP contribution is 2.38.